The largest absolute Gasteiger partial charge is 0.423 e. The number of pyridine rings is 1. The number of carbonyl (C=O) groups is 1. The lowest BCUT2D eigenvalue weighted by Gasteiger charge is -2.26. The van der Waals surface area contributed by atoms with Crippen LogP contribution in [0.15, 0.2) is 59.6 Å². The number of carbonyl (C=O) groups excluding carboxylic acids is 1. The minimum atomic E-state index is -0.193. The summed E-state index contributed by atoms with van der Waals surface area (Å²) in [5, 5.41) is 10.6. The van der Waals surface area contributed by atoms with Crippen molar-refractivity contribution >= 4 is 11.7 Å². The Balaban J connectivity index is 1.49. The van der Waals surface area contributed by atoms with Gasteiger partial charge in [0.25, 0.3) is 0 Å². The van der Waals surface area contributed by atoms with Crippen LogP contribution in [0.3, 0.4) is 0 Å². The van der Waals surface area contributed by atoms with Crippen molar-refractivity contribution in [2.75, 3.05) is 18.5 Å². The summed E-state index contributed by atoms with van der Waals surface area (Å²) in [7, 11) is 0. The summed E-state index contributed by atoms with van der Waals surface area (Å²) in [6, 6.07) is 10.9. The third-order valence-electron chi connectivity index (χ3n) is 4.55. The van der Waals surface area contributed by atoms with Crippen LogP contribution in [0.1, 0.15) is 18.4 Å². The molecule has 0 aliphatic carbocycles. The maximum Gasteiger partial charge on any atom is 0.322 e. The van der Waals surface area contributed by atoms with Crippen LogP contribution in [0.25, 0.3) is 11.5 Å². The minimum absolute atomic E-state index is 0.0622. The van der Waals surface area contributed by atoms with Crippen LogP contribution in [0.2, 0.25) is 0 Å². The standard InChI is InChI=1S/C20H21N5O3/c26-20(23-17-6-1-5-16(10-17)19-24-22-14-28-19)25(13-18-7-3-9-27-18)12-15-4-2-8-21-11-15/h1-2,4-6,8,10-11,14,18H,3,7,9,12-13H2,(H,23,26). The van der Waals surface area contributed by atoms with Gasteiger partial charge in [0.1, 0.15) is 0 Å². The third-order valence-corrected chi connectivity index (χ3v) is 4.55. The Morgan fingerprint density at radius 1 is 1.29 bits per heavy atom. The number of nitrogens with one attached hydrogen (secondary N) is 1. The number of urea groups is 1. The molecule has 0 saturated carbocycles. The van der Waals surface area contributed by atoms with Crippen molar-refractivity contribution < 1.29 is 13.9 Å². The van der Waals surface area contributed by atoms with Gasteiger partial charge in [-0.25, -0.2) is 4.79 Å². The summed E-state index contributed by atoms with van der Waals surface area (Å²) in [5.41, 5.74) is 2.37. The highest BCUT2D eigenvalue weighted by molar-refractivity contribution is 5.90. The number of amides is 2. The number of nitrogens with zero attached hydrogens (tertiary/aromatic N) is 4. The monoisotopic (exact) mass is 379 g/mol. The Bertz CT molecular complexity index is 895. The van der Waals surface area contributed by atoms with Gasteiger partial charge in [0.05, 0.1) is 6.10 Å². The van der Waals surface area contributed by atoms with E-state index in [4.69, 9.17) is 9.15 Å². The first-order valence-corrected chi connectivity index (χ1v) is 9.21. The lowest BCUT2D eigenvalue weighted by atomic mass is 10.2. The van der Waals surface area contributed by atoms with E-state index < -0.39 is 0 Å². The zero-order valence-electron chi connectivity index (χ0n) is 15.3. The van der Waals surface area contributed by atoms with Gasteiger partial charge in [-0.2, -0.15) is 0 Å². The number of rotatable bonds is 6. The Morgan fingerprint density at radius 2 is 2.25 bits per heavy atom. The smallest absolute Gasteiger partial charge is 0.322 e. The molecule has 1 saturated heterocycles. The van der Waals surface area contributed by atoms with E-state index in [1.807, 2.05) is 30.3 Å². The molecule has 4 rings (SSSR count). The molecule has 1 fully saturated rings. The Morgan fingerprint density at radius 3 is 3.00 bits per heavy atom. The molecule has 144 valence electrons. The molecule has 0 spiro atoms. The number of ether oxygens (including phenoxy) is 1. The van der Waals surface area contributed by atoms with Gasteiger partial charge in [-0.1, -0.05) is 12.1 Å². The maximum atomic E-state index is 13.0. The van der Waals surface area contributed by atoms with Crippen molar-refractivity contribution in [3.63, 3.8) is 0 Å². The molecule has 1 aromatic carbocycles. The van der Waals surface area contributed by atoms with E-state index in [-0.39, 0.29) is 12.1 Å². The van der Waals surface area contributed by atoms with E-state index >= 15 is 0 Å². The average molecular weight is 379 g/mol. The third kappa shape index (κ3) is 4.52. The molecule has 3 heterocycles. The van der Waals surface area contributed by atoms with Crippen molar-refractivity contribution in [3.05, 3.63) is 60.7 Å². The summed E-state index contributed by atoms with van der Waals surface area (Å²) in [6.45, 7) is 1.74. The molecule has 8 heteroatoms. The highest BCUT2D eigenvalue weighted by Gasteiger charge is 2.23. The first kappa shape index (κ1) is 18.1. The zero-order valence-corrected chi connectivity index (χ0v) is 15.3. The van der Waals surface area contributed by atoms with Crippen molar-refractivity contribution in [1.29, 1.82) is 0 Å². The highest BCUT2D eigenvalue weighted by Crippen LogP contribution is 2.21. The molecule has 8 nitrogen and oxygen atoms in total. The molecule has 1 atom stereocenters. The lowest BCUT2D eigenvalue weighted by Crippen LogP contribution is -2.39. The van der Waals surface area contributed by atoms with Crippen molar-refractivity contribution in [1.82, 2.24) is 20.1 Å². The highest BCUT2D eigenvalue weighted by atomic mass is 16.5. The SMILES string of the molecule is O=C(Nc1cccc(-c2nnco2)c1)N(Cc1cccnc1)CC1CCCO1. The van der Waals surface area contributed by atoms with Crippen LogP contribution >= 0.6 is 0 Å². The second-order valence-electron chi connectivity index (χ2n) is 6.63. The molecule has 0 bridgehead atoms. The van der Waals surface area contributed by atoms with Gasteiger partial charge in [-0.3, -0.25) is 4.98 Å². The van der Waals surface area contributed by atoms with E-state index in [1.54, 1.807) is 23.4 Å². The number of benzene rings is 1. The predicted octanol–water partition coefficient (Wildman–Crippen LogP) is 3.34. The van der Waals surface area contributed by atoms with Crippen LogP contribution in [0, 0.1) is 0 Å². The minimum Gasteiger partial charge on any atom is -0.423 e. The molecule has 1 aliphatic rings. The molecular formula is C20H21N5O3. The van der Waals surface area contributed by atoms with Crippen LogP contribution in [0.5, 0.6) is 0 Å². The summed E-state index contributed by atoms with van der Waals surface area (Å²) >= 11 is 0. The summed E-state index contributed by atoms with van der Waals surface area (Å²) in [6.07, 6.45) is 6.82. The number of hydrogen-bond acceptors (Lipinski definition) is 6. The van der Waals surface area contributed by atoms with Crippen molar-refractivity contribution in [2.24, 2.45) is 0 Å². The average Bonchev–Trinajstić information content (AvgIpc) is 3.43. The molecule has 1 N–H and O–H groups in total. The Kier molecular flexibility index (Phi) is 5.58. The van der Waals surface area contributed by atoms with Gasteiger partial charge in [-0.15, -0.1) is 10.2 Å². The van der Waals surface area contributed by atoms with Crippen LogP contribution in [-0.2, 0) is 11.3 Å². The molecule has 1 aliphatic heterocycles. The second-order valence-corrected chi connectivity index (χ2v) is 6.63. The summed E-state index contributed by atoms with van der Waals surface area (Å²) < 4.78 is 11.0. The van der Waals surface area contributed by atoms with E-state index in [0.29, 0.717) is 24.7 Å². The summed E-state index contributed by atoms with van der Waals surface area (Å²) in [5.74, 6) is 0.405. The van der Waals surface area contributed by atoms with Crippen LogP contribution in [-0.4, -0.2) is 45.4 Å². The normalized spacial score (nSPS) is 16.1. The van der Waals surface area contributed by atoms with E-state index in [1.165, 1.54) is 6.39 Å². The fraction of sp³-hybridized carbons (Fsp3) is 0.300. The number of aromatic nitrogens is 3. The Hall–Kier alpha value is -3.26. The van der Waals surface area contributed by atoms with Gasteiger partial charge in [0.15, 0.2) is 0 Å². The van der Waals surface area contributed by atoms with E-state index in [0.717, 1.165) is 30.6 Å². The first-order chi connectivity index (χ1) is 13.8. The Labute approximate surface area is 162 Å². The van der Waals surface area contributed by atoms with E-state index in [2.05, 4.69) is 20.5 Å². The van der Waals surface area contributed by atoms with E-state index in [9.17, 15) is 4.79 Å². The quantitative estimate of drug-likeness (QED) is 0.706. The van der Waals surface area contributed by atoms with Crippen LogP contribution in [0.4, 0.5) is 10.5 Å². The molecular weight excluding hydrogens is 358 g/mol. The molecule has 1 unspecified atom stereocenters. The molecule has 2 aromatic heterocycles. The van der Waals surface area contributed by atoms with Gasteiger partial charge >= 0.3 is 6.03 Å². The maximum absolute atomic E-state index is 13.0. The summed E-state index contributed by atoms with van der Waals surface area (Å²) in [4.78, 5) is 18.9. The van der Waals surface area contributed by atoms with Gasteiger partial charge < -0.3 is 19.4 Å². The fourth-order valence-electron chi connectivity index (χ4n) is 3.20. The number of hydrogen-bond donors (Lipinski definition) is 1. The first-order valence-electron chi connectivity index (χ1n) is 9.21. The predicted molar refractivity (Wildman–Crippen MR) is 102 cm³/mol. The fourth-order valence-corrected chi connectivity index (χ4v) is 3.20. The molecule has 3 aromatic rings. The zero-order chi connectivity index (χ0) is 19.2. The number of anilines is 1. The topological polar surface area (TPSA) is 93.4 Å². The van der Waals surface area contributed by atoms with Crippen LogP contribution < -0.4 is 5.32 Å². The molecule has 2 amide bonds. The van der Waals surface area contributed by atoms with Crippen molar-refractivity contribution in [2.45, 2.75) is 25.5 Å². The second kappa shape index (κ2) is 8.62. The molecule has 28 heavy (non-hydrogen) atoms. The van der Waals surface area contributed by atoms with Gasteiger partial charge in [0.2, 0.25) is 12.3 Å². The van der Waals surface area contributed by atoms with Gasteiger partial charge in [0, 0.05) is 43.3 Å². The molecule has 0 radical (unpaired) electrons. The van der Waals surface area contributed by atoms with Gasteiger partial charge in [-0.05, 0) is 42.7 Å². The lowest BCUT2D eigenvalue weighted by molar-refractivity contribution is 0.0819. The van der Waals surface area contributed by atoms with Crippen molar-refractivity contribution in [3.8, 4) is 11.5 Å².